The number of carbonyl (C=O) groups excluding carboxylic acids is 2. The van der Waals surface area contributed by atoms with E-state index >= 15 is 0 Å². The molecular formula is C29H36O4. The lowest BCUT2D eigenvalue weighted by Gasteiger charge is -2.59. The van der Waals surface area contributed by atoms with Crippen molar-refractivity contribution in [1.29, 1.82) is 0 Å². The van der Waals surface area contributed by atoms with Gasteiger partial charge in [0.25, 0.3) is 0 Å². The van der Waals surface area contributed by atoms with Gasteiger partial charge in [-0.05, 0) is 81.6 Å². The maximum atomic E-state index is 13.5. The summed E-state index contributed by atoms with van der Waals surface area (Å²) in [5, 5.41) is 0. The third-order valence-corrected chi connectivity index (χ3v) is 10.7. The van der Waals surface area contributed by atoms with Crippen molar-refractivity contribution in [2.45, 2.75) is 90.1 Å². The van der Waals surface area contributed by atoms with Gasteiger partial charge in [0.15, 0.2) is 23.0 Å². The van der Waals surface area contributed by atoms with Crippen LogP contribution in [0.5, 0.6) is 0 Å². The van der Waals surface area contributed by atoms with Gasteiger partial charge in [0.1, 0.15) is 0 Å². The maximum absolute atomic E-state index is 13.5. The van der Waals surface area contributed by atoms with Crippen molar-refractivity contribution in [1.82, 2.24) is 0 Å². The van der Waals surface area contributed by atoms with Crippen molar-refractivity contribution >= 4 is 11.6 Å². The number of hydrogen-bond acceptors (Lipinski definition) is 4. The summed E-state index contributed by atoms with van der Waals surface area (Å²) in [6.07, 6.45) is 8.46. The lowest BCUT2D eigenvalue weighted by atomic mass is 9.46. The van der Waals surface area contributed by atoms with Gasteiger partial charge in [0.2, 0.25) is 0 Å². The highest BCUT2D eigenvalue weighted by molar-refractivity contribution is 5.91. The predicted octanol–water partition coefficient (Wildman–Crippen LogP) is 5.74. The molecule has 4 heteroatoms. The molecule has 3 saturated carbocycles. The van der Waals surface area contributed by atoms with Crippen LogP contribution in [0.1, 0.15) is 78.2 Å². The van der Waals surface area contributed by atoms with Gasteiger partial charge in [-0.1, -0.05) is 49.8 Å². The monoisotopic (exact) mass is 448 g/mol. The number of Topliss-reactive ketones (excluding diaryl/α,β-unsaturated/α-hetero) is 1. The van der Waals surface area contributed by atoms with E-state index in [0.29, 0.717) is 30.0 Å². The zero-order valence-corrected chi connectivity index (χ0v) is 20.4. The standard InChI is InChI=1S/C29H36O4/c1-18(30)29-25(32-28(4,33-29)19-8-6-5-7-9-19)17-24-22-11-10-20-16-21(31)12-14-26(20,2)23(22)13-15-27(24,29)3/h5-9,16,22-25H,10-15,17H2,1-4H3/t22-,23+,24+,25+,26+,27+,28-,29-/m1/s1. The number of carbonyl (C=O) groups is 2. The number of benzene rings is 1. The smallest absolute Gasteiger partial charge is 0.193 e. The summed E-state index contributed by atoms with van der Waals surface area (Å²) in [6.45, 7) is 8.41. The average Bonchev–Trinajstić information content (AvgIpc) is 3.23. The zero-order valence-electron chi connectivity index (χ0n) is 20.4. The SMILES string of the molecule is CC(=O)[C@@]12O[C@](C)(c3ccccc3)O[C@H]1C[C@H]1[C@@H]3CCC4=CC(=O)CC[C@]4(C)[C@H]3CC[C@@]12C. The number of allylic oxidation sites excluding steroid dienone is 1. The summed E-state index contributed by atoms with van der Waals surface area (Å²) in [5.41, 5.74) is 1.35. The summed E-state index contributed by atoms with van der Waals surface area (Å²) >= 11 is 0. The summed E-state index contributed by atoms with van der Waals surface area (Å²) in [4.78, 5) is 25.6. The number of hydrogen-bond donors (Lipinski definition) is 0. The van der Waals surface area contributed by atoms with Crippen molar-refractivity contribution in [2.24, 2.45) is 28.6 Å². The fourth-order valence-electron chi connectivity index (χ4n) is 9.02. The van der Waals surface area contributed by atoms with E-state index in [-0.39, 0.29) is 22.7 Å². The normalized spacial score (nSPS) is 48.4. The van der Waals surface area contributed by atoms with Crippen LogP contribution in [0, 0.1) is 28.6 Å². The van der Waals surface area contributed by atoms with Gasteiger partial charge >= 0.3 is 0 Å². The Balaban J connectivity index is 1.38. The Morgan fingerprint density at radius 1 is 1.00 bits per heavy atom. The molecule has 0 aromatic heterocycles. The van der Waals surface area contributed by atoms with E-state index in [9.17, 15) is 9.59 Å². The first-order valence-electron chi connectivity index (χ1n) is 12.8. The van der Waals surface area contributed by atoms with Crippen molar-refractivity contribution < 1.29 is 19.1 Å². The molecule has 0 bridgehead atoms. The molecule has 4 fully saturated rings. The van der Waals surface area contributed by atoms with Crippen LogP contribution in [-0.4, -0.2) is 23.3 Å². The van der Waals surface area contributed by atoms with Crippen molar-refractivity contribution in [3.8, 4) is 0 Å². The molecule has 0 unspecified atom stereocenters. The van der Waals surface area contributed by atoms with Crippen LogP contribution in [0.2, 0.25) is 0 Å². The molecule has 0 radical (unpaired) electrons. The van der Waals surface area contributed by atoms with Crippen LogP contribution in [0.25, 0.3) is 0 Å². The van der Waals surface area contributed by atoms with E-state index in [1.165, 1.54) is 5.57 Å². The molecule has 1 aromatic carbocycles. The van der Waals surface area contributed by atoms with Crippen LogP contribution in [-0.2, 0) is 24.8 Å². The second-order valence-electron chi connectivity index (χ2n) is 12.0. The predicted molar refractivity (Wildman–Crippen MR) is 125 cm³/mol. The fraction of sp³-hybridized carbons (Fsp3) is 0.655. The van der Waals surface area contributed by atoms with Gasteiger partial charge in [0, 0.05) is 17.4 Å². The van der Waals surface area contributed by atoms with E-state index < -0.39 is 11.4 Å². The molecule has 1 aromatic rings. The quantitative estimate of drug-likeness (QED) is 0.579. The number of fused-ring (bicyclic) bond motifs is 7. The molecule has 0 amide bonds. The Morgan fingerprint density at radius 3 is 2.48 bits per heavy atom. The minimum Gasteiger partial charge on any atom is -0.339 e. The lowest BCUT2D eigenvalue weighted by molar-refractivity contribution is -0.227. The molecule has 6 rings (SSSR count). The highest BCUT2D eigenvalue weighted by Crippen LogP contribution is 2.71. The topological polar surface area (TPSA) is 52.6 Å². The first-order valence-corrected chi connectivity index (χ1v) is 12.8. The van der Waals surface area contributed by atoms with E-state index in [2.05, 4.69) is 13.8 Å². The summed E-state index contributed by atoms with van der Waals surface area (Å²) < 4.78 is 13.6. The van der Waals surface area contributed by atoms with E-state index in [0.717, 1.165) is 44.1 Å². The molecule has 0 N–H and O–H groups in total. The van der Waals surface area contributed by atoms with E-state index in [1.54, 1.807) is 6.92 Å². The molecule has 0 spiro atoms. The minimum absolute atomic E-state index is 0.112. The van der Waals surface area contributed by atoms with E-state index in [1.807, 2.05) is 43.3 Å². The van der Waals surface area contributed by atoms with Crippen LogP contribution in [0.4, 0.5) is 0 Å². The highest BCUT2D eigenvalue weighted by atomic mass is 16.8. The zero-order chi connectivity index (χ0) is 23.2. The first-order chi connectivity index (χ1) is 15.6. The van der Waals surface area contributed by atoms with Gasteiger partial charge < -0.3 is 9.47 Å². The van der Waals surface area contributed by atoms with Crippen molar-refractivity contribution in [3.63, 3.8) is 0 Å². The third-order valence-electron chi connectivity index (χ3n) is 10.7. The maximum Gasteiger partial charge on any atom is 0.193 e. The summed E-state index contributed by atoms with van der Waals surface area (Å²) in [7, 11) is 0. The van der Waals surface area contributed by atoms with Crippen LogP contribution < -0.4 is 0 Å². The van der Waals surface area contributed by atoms with Gasteiger partial charge in [-0.25, -0.2) is 0 Å². The third kappa shape index (κ3) is 2.65. The van der Waals surface area contributed by atoms with E-state index in [4.69, 9.17) is 9.47 Å². The molecule has 176 valence electrons. The Bertz CT molecular complexity index is 1040. The van der Waals surface area contributed by atoms with Gasteiger partial charge in [-0.15, -0.1) is 0 Å². The molecule has 5 aliphatic rings. The largest absolute Gasteiger partial charge is 0.339 e. The van der Waals surface area contributed by atoms with Gasteiger partial charge in [-0.2, -0.15) is 0 Å². The summed E-state index contributed by atoms with van der Waals surface area (Å²) in [5.74, 6) is 1.04. The number of rotatable bonds is 2. The average molecular weight is 449 g/mol. The van der Waals surface area contributed by atoms with Crippen LogP contribution >= 0.6 is 0 Å². The van der Waals surface area contributed by atoms with Crippen LogP contribution in [0.3, 0.4) is 0 Å². The molecule has 8 atom stereocenters. The Morgan fingerprint density at radius 2 is 1.76 bits per heavy atom. The first kappa shape index (κ1) is 21.7. The highest BCUT2D eigenvalue weighted by Gasteiger charge is 2.75. The minimum atomic E-state index is -0.902. The molecule has 1 aliphatic heterocycles. The van der Waals surface area contributed by atoms with Crippen LogP contribution in [0.15, 0.2) is 42.0 Å². The van der Waals surface area contributed by atoms with Crippen molar-refractivity contribution in [2.75, 3.05) is 0 Å². The number of ether oxygens (including phenoxy) is 2. The second-order valence-corrected chi connectivity index (χ2v) is 12.0. The molecule has 33 heavy (non-hydrogen) atoms. The fourth-order valence-corrected chi connectivity index (χ4v) is 9.02. The molecule has 4 nitrogen and oxygen atoms in total. The molecule has 4 aliphatic carbocycles. The molecule has 1 saturated heterocycles. The summed E-state index contributed by atoms with van der Waals surface area (Å²) in [6, 6.07) is 10.1. The van der Waals surface area contributed by atoms with Gasteiger partial charge in [-0.3, -0.25) is 9.59 Å². The Labute approximate surface area is 197 Å². The Kier molecular flexibility index (Phi) is 4.53. The second kappa shape index (κ2) is 6.88. The molecule has 1 heterocycles. The van der Waals surface area contributed by atoms with Crippen molar-refractivity contribution in [3.05, 3.63) is 47.5 Å². The molecular weight excluding hydrogens is 412 g/mol. The Hall–Kier alpha value is -1.78. The van der Waals surface area contributed by atoms with Gasteiger partial charge in [0.05, 0.1) is 6.10 Å². The number of ketones is 2. The lowest BCUT2D eigenvalue weighted by Crippen LogP contribution is -2.59.